The van der Waals surface area contributed by atoms with E-state index in [2.05, 4.69) is 6.58 Å². The summed E-state index contributed by atoms with van der Waals surface area (Å²) in [6, 6.07) is 1.08. The minimum Gasteiger partial charge on any atom is -0.400 e. The molecular weight excluding hydrogens is 220 g/mol. The van der Waals surface area contributed by atoms with Gasteiger partial charge in [-0.3, -0.25) is 0 Å². The van der Waals surface area contributed by atoms with Crippen LogP contribution in [0.25, 0.3) is 0 Å². The van der Waals surface area contributed by atoms with Crippen molar-refractivity contribution in [3.8, 4) is 0 Å². The van der Waals surface area contributed by atoms with Crippen molar-refractivity contribution < 1.29 is 13.6 Å². The lowest BCUT2D eigenvalue weighted by Crippen LogP contribution is -2.18. The Labute approximate surface area is 102 Å². The maximum atomic E-state index is 5.53. The zero-order valence-corrected chi connectivity index (χ0v) is 11.9. The first-order valence-corrected chi connectivity index (χ1v) is 7.85. The fraction of sp³-hybridized carbons (Fsp3) is 0.833. The van der Waals surface area contributed by atoms with Crippen molar-refractivity contribution in [1.29, 1.82) is 0 Å². The standard InChI is InChI=1S/C12H26O3Si/c1-4-5-6-7-10-15-11-8-9-12-16(13-2)14-3/h4,16H,1,5-12H2,2-3H3. The van der Waals surface area contributed by atoms with Crippen LogP contribution >= 0.6 is 0 Å². The summed E-state index contributed by atoms with van der Waals surface area (Å²) in [5.41, 5.74) is 0. The summed E-state index contributed by atoms with van der Waals surface area (Å²) in [5.74, 6) is 0. The van der Waals surface area contributed by atoms with Crippen molar-refractivity contribution in [2.24, 2.45) is 0 Å². The molecule has 0 saturated carbocycles. The highest BCUT2D eigenvalue weighted by atomic mass is 28.3. The molecule has 16 heavy (non-hydrogen) atoms. The smallest absolute Gasteiger partial charge is 0.320 e. The first-order chi connectivity index (χ1) is 7.85. The molecule has 0 aliphatic rings. The second-order valence-corrected chi connectivity index (χ2v) is 6.17. The van der Waals surface area contributed by atoms with Crippen LogP contribution in [0.3, 0.4) is 0 Å². The van der Waals surface area contributed by atoms with Gasteiger partial charge in [0.1, 0.15) is 0 Å². The summed E-state index contributed by atoms with van der Waals surface area (Å²) in [6.45, 7) is 5.43. The van der Waals surface area contributed by atoms with Crippen LogP contribution in [-0.4, -0.2) is 36.7 Å². The second kappa shape index (κ2) is 12.9. The first-order valence-electron chi connectivity index (χ1n) is 6.09. The summed E-state index contributed by atoms with van der Waals surface area (Å²) < 4.78 is 16.0. The van der Waals surface area contributed by atoms with E-state index >= 15 is 0 Å². The Morgan fingerprint density at radius 2 is 1.62 bits per heavy atom. The Bertz CT molecular complexity index is 149. The van der Waals surface area contributed by atoms with Crippen molar-refractivity contribution in [3.63, 3.8) is 0 Å². The third-order valence-electron chi connectivity index (χ3n) is 2.45. The van der Waals surface area contributed by atoms with Gasteiger partial charge in [0.25, 0.3) is 0 Å². The highest BCUT2D eigenvalue weighted by molar-refractivity contribution is 6.44. The molecule has 0 rings (SSSR count). The lowest BCUT2D eigenvalue weighted by molar-refractivity contribution is 0.127. The maximum Gasteiger partial charge on any atom is 0.320 e. The lowest BCUT2D eigenvalue weighted by atomic mass is 10.2. The van der Waals surface area contributed by atoms with Crippen molar-refractivity contribution >= 4 is 9.28 Å². The fourth-order valence-corrected chi connectivity index (χ4v) is 2.73. The molecule has 0 atom stereocenters. The molecule has 0 aliphatic carbocycles. The van der Waals surface area contributed by atoms with Crippen LogP contribution in [0.4, 0.5) is 0 Å². The van der Waals surface area contributed by atoms with Crippen LogP contribution in [0.5, 0.6) is 0 Å². The highest BCUT2D eigenvalue weighted by Gasteiger charge is 2.07. The lowest BCUT2D eigenvalue weighted by Gasteiger charge is -2.10. The van der Waals surface area contributed by atoms with Crippen LogP contribution in [0, 0.1) is 0 Å². The molecule has 0 radical (unpaired) electrons. The zero-order valence-electron chi connectivity index (χ0n) is 10.7. The Kier molecular flexibility index (Phi) is 12.8. The molecule has 0 spiro atoms. The quantitative estimate of drug-likeness (QED) is 0.301. The molecule has 0 unspecified atom stereocenters. The van der Waals surface area contributed by atoms with Crippen molar-refractivity contribution in [1.82, 2.24) is 0 Å². The van der Waals surface area contributed by atoms with E-state index in [9.17, 15) is 0 Å². The van der Waals surface area contributed by atoms with E-state index < -0.39 is 9.28 Å². The van der Waals surface area contributed by atoms with Crippen LogP contribution < -0.4 is 0 Å². The van der Waals surface area contributed by atoms with Crippen LogP contribution in [-0.2, 0) is 13.6 Å². The number of hydrogen-bond donors (Lipinski definition) is 0. The van der Waals surface area contributed by atoms with Gasteiger partial charge in [-0.25, -0.2) is 0 Å². The summed E-state index contributed by atoms with van der Waals surface area (Å²) in [7, 11) is 2.13. The van der Waals surface area contributed by atoms with E-state index in [0.29, 0.717) is 0 Å². The summed E-state index contributed by atoms with van der Waals surface area (Å²) in [4.78, 5) is 0. The van der Waals surface area contributed by atoms with Crippen LogP contribution in [0.1, 0.15) is 32.1 Å². The van der Waals surface area contributed by atoms with Gasteiger partial charge in [-0.2, -0.15) is 0 Å². The Morgan fingerprint density at radius 3 is 2.19 bits per heavy atom. The predicted molar refractivity (Wildman–Crippen MR) is 70.1 cm³/mol. The summed E-state index contributed by atoms with van der Waals surface area (Å²) in [5, 5.41) is 0. The van der Waals surface area contributed by atoms with Crippen molar-refractivity contribution in [2.75, 3.05) is 27.4 Å². The van der Waals surface area contributed by atoms with Gasteiger partial charge in [0.2, 0.25) is 0 Å². The van der Waals surface area contributed by atoms with Gasteiger partial charge in [-0.1, -0.05) is 6.08 Å². The normalized spacial score (nSPS) is 10.9. The van der Waals surface area contributed by atoms with Gasteiger partial charge < -0.3 is 13.6 Å². The van der Waals surface area contributed by atoms with Crippen LogP contribution in [0.15, 0.2) is 12.7 Å². The predicted octanol–water partition coefficient (Wildman–Crippen LogP) is 2.65. The van der Waals surface area contributed by atoms with E-state index in [-0.39, 0.29) is 0 Å². The van der Waals surface area contributed by atoms with E-state index in [1.165, 1.54) is 6.42 Å². The van der Waals surface area contributed by atoms with Crippen molar-refractivity contribution in [3.05, 3.63) is 12.7 Å². The fourth-order valence-electron chi connectivity index (χ4n) is 1.44. The highest BCUT2D eigenvalue weighted by Crippen LogP contribution is 2.03. The van der Waals surface area contributed by atoms with E-state index in [0.717, 1.165) is 44.9 Å². The van der Waals surface area contributed by atoms with E-state index in [1.807, 2.05) is 6.08 Å². The number of ether oxygens (including phenoxy) is 1. The summed E-state index contributed by atoms with van der Waals surface area (Å²) >= 11 is 0. The van der Waals surface area contributed by atoms with Gasteiger partial charge in [0.05, 0.1) is 0 Å². The monoisotopic (exact) mass is 246 g/mol. The Hall–Kier alpha value is -0.163. The molecule has 96 valence electrons. The van der Waals surface area contributed by atoms with E-state index in [1.54, 1.807) is 14.2 Å². The molecule has 0 aromatic heterocycles. The van der Waals surface area contributed by atoms with Crippen LogP contribution in [0.2, 0.25) is 6.04 Å². The topological polar surface area (TPSA) is 27.7 Å². The molecule has 0 aliphatic heterocycles. The maximum absolute atomic E-state index is 5.53. The van der Waals surface area contributed by atoms with Gasteiger partial charge in [-0.05, 0) is 38.1 Å². The molecule has 0 heterocycles. The largest absolute Gasteiger partial charge is 0.400 e. The minimum atomic E-state index is -1.33. The number of unbranched alkanes of at least 4 members (excludes halogenated alkanes) is 3. The SMILES string of the molecule is C=CCCCCOCCCC[SiH](OC)OC. The molecule has 0 aromatic rings. The van der Waals surface area contributed by atoms with Gasteiger partial charge in [0.15, 0.2) is 0 Å². The average molecular weight is 246 g/mol. The number of allylic oxidation sites excluding steroid dienone is 1. The third kappa shape index (κ3) is 10.4. The van der Waals surface area contributed by atoms with Gasteiger partial charge in [0, 0.05) is 27.4 Å². The molecule has 0 fully saturated rings. The molecule has 0 saturated heterocycles. The minimum absolute atomic E-state index is 0.864. The zero-order chi connectivity index (χ0) is 12.1. The third-order valence-corrected chi connectivity index (χ3v) is 4.38. The van der Waals surface area contributed by atoms with E-state index in [4.69, 9.17) is 13.6 Å². The molecule has 3 nitrogen and oxygen atoms in total. The molecule has 4 heteroatoms. The number of rotatable bonds is 12. The Morgan fingerprint density at radius 1 is 1.00 bits per heavy atom. The molecule has 0 amide bonds. The number of hydrogen-bond acceptors (Lipinski definition) is 3. The van der Waals surface area contributed by atoms with Gasteiger partial charge in [-0.15, -0.1) is 6.58 Å². The molecule has 0 N–H and O–H groups in total. The summed E-state index contributed by atoms with van der Waals surface area (Å²) in [6.07, 6.45) is 7.63. The molecule has 0 aromatic carbocycles. The average Bonchev–Trinajstić information content (AvgIpc) is 2.32. The first kappa shape index (κ1) is 15.8. The van der Waals surface area contributed by atoms with Gasteiger partial charge >= 0.3 is 9.28 Å². The molecule has 0 bridgehead atoms. The second-order valence-electron chi connectivity index (χ2n) is 3.79. The Balaban J connectivity index is 3.06. The van der Waals surface area contributed by atoms with Crippen molar-refractivity contribution in [2.45, 2.75) is 38.1 Å². The molecular formula is C12H26O3Si.